The minimum Gasteiger partial charge on any atom is -0.464 e. The quantitative estimate of drug-likeness (QED) is 0.771. The van der Waals surface area contributed by atoms with E-state index in [1.165, 1.54) is 0 Å². The summed E-state index contributed by atoms with van der Waals surface area (Å²) in [4.78, 5) is 23.1. The third kappa shape index (κ3) is 6.81. The third-order valence-corrected chi connectivity index (χ3v) is 1.76. The number of alkyl carbamates (subject to hydrolysis) is 1. The number of hydrogen-bond acceptors (Lipinski definition) is 4. The molecule has 0 saturated heterocycles. The molecule has 17 heavy (non-hydrogen) atoms. The molecular weight excluding hydrogens is 222 g/mol. The lowest BCUT2D eigenvalue weighted by molar-refractivity contribution is -0.150. The molecule has 0 heterocycles. The Bertz CT molecular complexity index is 279. The molecule has 100 valence electrons. The molecule has 5 heteroatoms. The van der Waals surface area contributed by atoms with Crippen molar-refractivity contribution in [3.05, 3.63) is 0 Å². The van der Waals surface area contributed by atoms with Crippen molar-refractivity contribution in [1.82, 2.24) is 5.32 Å². The molecule has 0 saturated carbocycles. The summed E-state index contributed by atoms with van der Waals surface area (Å²) in [6, 6.07) is 0. The number of rotatable bonds is 4. The zero-order chi connectivity index (χ0) is 13.7. The summed E-state index contributed by atoms with van der Waals surface area (Å²) in [5.41, 5.74) is -1.68. The predicted molar refractivity (Wildman–Crippen MR) is 64.7 cm³/mol. The van der Waals surface area contributed by atoms with Crippen LogP contribution in [0.25, 0.3) is 0 Å². The highest BCUT2D eigenvalue weighted by atomic mass is 16.6. The van der Waals surface area contributed by atoms with Gasteiger partial charge in [-0.25, -0.2) is 9.59 Å². The fourth-order valence-corrected chi connectivity index (χ4v) is 0.985. The second-order valence-corrected chi connectivity index (χ2v) is 5.39. The number of nitrogens with one attached hydrogen (secondary N) is 1. The van der Waals surface area contributed by atoms with Crippen molar-refractivity contribution in [2.45, 2.75) is 59.1 Å². The highest BCUT2D eigenvalue weighted by molar-refractivity contribution is 5.84. The van der Waals surface area contributed by atoms with E-state index in [0.29, 0.717) is 6.61 Å². The van der Waals surface area contributed by atoms with Gasteiger partial charge in [-0.3, -0.25) is 0 Å². The zero-order valence-electron chi connectivity index (χ0n) is 11.5. The Hall–Kier alpha value is -1.26. The molecule has 0 fully saturated rings. The van der Waals surface area contributed by atoms with Gasteiger partial charge in [0, 0.05) is 0 Å². The van der Waals surface area contributed by atoms with Gasteiger partial charge in [0.2, 0.25) is 0 Å². The first-order chi connectivity index (χ1) is 7.58. The SMILES string of the molecule is CCCOC(=O)C(C)(C)NC(=O)OC(C)(C)C. The molecule has 0 aliphatic rings. The van der Waals surface area contributed by atoms with Gasteiger partial charge in [-0.15, -0.1) is 0 Å². The molecule has 0 atom stereocenters. The molecular formula is C12H23NO4. The van der Waals surface area contributed by atoms with E-state index in [1.807, 2.05) is 6.92 Å². The number of carbonyl (C=O) groups is 2. The number of esters is 1. The van der Waals surface area contributed by atoms with Crippen LogP contribution in [0.1, 0.15) is 48.0 Å². The Balaban J connectivity index is 4.33. The molecule has 0 unspecified atom stereocenters. The van der Waals surface area contributed by atoms with Crippen LogP contribution in [0.2, 0.25) is 0 Å². The Kier molecular flexibility index (Phi) is 5.45. The molecule has 0 rings (SSSR count). The number of amides is 1. The normalized spacial score (nSPS) is 11.9. The fraction of sp³-hybridized carbons (Fsp3) is 0.833. The maximum absolute atomic E-state index is 11.6. The van der Waals surface area contributed by atoms with Crippen molar-refractivity contribution in [2.24, 2.45) is 0 Å². The summed E-state index contributed by atoms with van der Waals surface area (Å²) < 4.78 is 10.0. The van der Waals surface area contributed by atoms with Gasteiger partial charge in [-0.1, -0.05) is 6.92 Å². The lowest BCUT2D eigenvalue weighted by Gasteiger charge is -2.26. The molecule has 0 spiro atoms. The highest BCUT2D eigenvalue weighted by Crippen LogP contribution is 2.10. The number of ether oxygens (including phenoxy) is 2. The van der Waals surface area contributed by atoms with Crippen molar-refractivity contribution in [3.8, 4) is 0 Å². The monoisotopic (exact) mass is 245 g/mol. The van der Waals surface area contributed by atoms with E-state index in [4.69, 9.17) is 9.47 Å². The lowest BCUT2D eigenvalue weighted by Crippen LogP contribution is -2.52. The molecule has 1 N–H and O–H groups in total. The van der Waals surface area contributed by atoms with E-state index in [-0.39, 0.29) is 0 Å². The third-order valence-electron chi connectivity index (χ3n) is 1.76. The van der Waals surface area contributed by atoms with Crippen LogP contribution < -0.4 is 5.32 Å². The van der Waals surface area contributed by atoms with E-state index in [2.05, 4.69) is 5.32 Å². The van der Waals surface area contributed by atoms with Gasteiger partial charge in [0.1, 0.15) is 11.1 Å². The molecule has 0 bridgehead atoms. The minimum atomic E-state index is -1.09. The van der Waals surface area contributed by atoms with Crippen LogP contribution in [0.5, 0.6) is 0 Å². The molecule has 0 aromatic heterocycles. The van der Waals surface area contributed by atoms with Crippen LogP contribution in [0.3, 0.4) is 0 Å². The summed E-state index contributed by atoms with van der Waals surface area (Å²) in [5, 5.41) is 2.49. The van der Waals surface area contributed by atoms with E-state index in [9.17, 15) is 9.59 Å². The summed E-state index contributed by atoms with van der Waals surface area (Å²) in [7, 11) is 0. The predicted octanol–water partition coefficient (Wildman–Crippen LogP) is 2.24. The van der Waals surface area contributed by atoms with Crippen LogP contribution in [0, 0.1) is 0 Å². The number of hydrogen-bond donors (Lipinski definition) is 1. The minimum absolute atomic E-state index is 0.345. The Morgan fingerprint density at radius 3 is 2.06 bits per heavy atom. The van der Waals surface area contributed by atoms with Crippen molar-refractivity contribution in [1.29, 1.82) is 0 Å². The first kappa shape index (κ1) is 15.7. The zero-order valence-corrected chi connectivity index (χ0v) is 11.5. The Morgan fingerprint density at radius 1 is 1.12 bits per heavy atom. The molecule has 0 aromatic carbocycles. The molecule has 0 aromatic rings. The molecule has 0 aliphatic heterocycles. The van der Waals surface area contributed by atoms with Crippen LogP contribution in [0.15, 0.2) is 0 Å². The largest absolute Gasteiger partial charge is 0.464 e. The molecule has 0 aliphatic carbocycles. The van der Waals surface area contributed by atoms with Gasteiger partial charge >= 0.3 is 12.1 Å². The summed E-state index contributed by atoms with van der Waals surface area (Å²) in [5.74, 6) is -0.467. The average molecular weight is 245 g/mol. The van der Waals surface area contributed by atoms with Gasteiger partial charge in [0.05, 0.1) is 6.61 Å². The van der Waals surface area contributed by atoms with Gasteiger partial charge in [-0.2, -0.15) is 0 Å². The topological polar surface area (TPSA) is 64.6 Å². The van der Waals surface area contributed by atoms with Gasteiger partial charge < -0.3 is 14.8 Å². The molecule has 0 radical (unpaired) electrons. The van der Waals surface area contributed by atoms with Crippen LogP contribution in [-0.4, -0.2) is 29.8 Å². The van der Waals surface area contributed by atoms with Gasteiger partial charge in [0.25, 0.3) is 0 Å². The van der Waals surface area contributed by atoms with Crippen molar-refractivity contribution in [3.63, 3.8) is 0 Å². The van der Waals surface area contributed by atoms with E-state index in [1.54, 1.807) is 34.6 Å². The van der Waals surface area contributed by atoms with E-state index in [0.717, 1.165) is 6.42 Å². The first-order valence-corrected chi connectivity index (χ1v) is 5.77. The van der Waals surface area contributed by atoms with Crippen molar-refractivity contribution >= 4 is 12.1 Å². The van der Waals surface area contributed by atoms with Gasteiger partial charge in [-0.05, 0) is 41.0 Å². The standard InChI is InChI=1S/C12H23NO4/c1-7-8-16-9(14)12(5,6)13-10(15)17-11(2,3)4/h7-8H2,1-6H3,(H,13,15). The van der Waals surface area contributed by atoms with Gasteiger partial charge in [0.15, 0.2) is 0 Å². The lowest BCUT2D eigenvalue weighted by atomic mass is 10.1. The average Bonchev–Trinajstić information content (AvgIpc) is 2.09. The molecule has 1 amide bonds. The van der Waals surface area contributed by atoms with Crippen LogP contribution >= 0.6 is 0 Å². The van der Waals surface area contributed by atoms with E-state index < -0.39 is 23.2 Å². The molecule has 5 nitrogen and oxygen atoms in total. The van der Waals surface area contributed by atoms with Crippen molar-refractivity contribution < 1.29 is 19.1 Å². The summed E-state index contributed by atoms with van der Waals surface area (Å²) in [6.45, 7) is 10.7. The van der Waals surface area contributed by atoms with Crippen LogP contribution in [-0.2, 0) is 14.3 Å². The van der Waals surface area contributed by atoms with E-state index >= 15 is 0 Å². The maximum atomic E-state index is 11.6. The Labute approximate surface area is 103 Å². The second-order valence-electron chi connectivity index (χ2n) is 5.39. The van der Waals surface area contributed by atoms with Crippen LogP contribution in [0.4, 0.5) is 4.79 Å². The fourth-order valence-electron chi connectivity index (χ4n) is 0.985. The summed E-state index contributed by atoms with van der Waals surface area (Å²) in [6.07, 6.45) is 0.116. The Morgan fingerprint density at radius 2 is 1.65 bits per heavy atom. The maximum Gasteiger partial charge on any atom is 0.408 e. The summed E-state index contributed by atoms with van der Waals surface area (Å²) >= 11 is 0. The smallest absolute Gasteiger partial charge is 0.408 e. The van der Waals surface area contributed by atoms with Crippen molar-refractivity contribution in [2.75, 3.05) is 6.61 Å². The highest BCUT2D eigenvalue weighted by Gasteiger charge is 2.32. The second kappa shape index (κ2) is 5.89. The number of carbonyl (C=O) groups excluding carboxylic acids is 2. The first-order valence-electron chi connectivity index (χ1n) is 5.77.